The fourth-order valence-corrected chi connectivity index (χ4v) is 3.66. The van der Waals surface area contributed by atoms with Crippen LogP contribution in [0, 0.1) is 0 Å². The summed E-state index contributed by atoms with van der Waals surface area (Å²) in [5.41, 5.74) is 1.24. The van der Waals surface area contributed by atoms with Crippen molar-refractivity contribution in [3.05, 3.63) is 64.1 Å². The van der Waals surface area contributed by atoms with Gasteiger partial charge in [0.25, 0.3) is 6.04 Å². The van der Waals surface area contributed by atoms with Crippen LogP contribution >= 0.6 is 35.2 Å². The lowest BCUT2D eigenvalue weighted by Gasteiger charge is -2.13. The number of aromatic nitrogens is 1. The van der Waals surface area contributed by atoms with E-state index in [1.807, 2.05) is 29.1 Å². The Morgan fingerprint density at radius 1 is 1.42 bits per heavy atom. The van der Waals surface area contributed by atoms with E-state index < -0.39 is 6.04 Å². The van der Waals surface area contributed by atoms with Crippen LogP contribution in [0.25, 0.3) is 0 Å². The fraction of sp³-hybridized carbons (Fsp3) is 0.278. The van der Waals surface area contributed by atoms with Crippen molar-refractivity contribution in [3.63, 3.8) is 0 Å². The van der Waals surface area contributed by atoms with E-state index in [1.54, 1.807) is 18.2 Å². The van der Waals surface area contributed by atoms with E-state index in [1.165, 1.54) is 16.9 Å². The number of pyridine rings is 1. The summed E-state index contributed by atoms with van der Waals surface area (Å²) in [7, 11) is 0. The zero-order valence-electron chi connectivity index (χ0n) is 13.5. The van der Waals surface area contributed by atoms with Crippen LogP contribution in [-0.2, 0) is 6.42 Å². The van der Waals surface area contributed by atoms with Crippen molar-refractivity contribution in [3.8, 4) is 0 Å². The van der Waals surface area contributed by atoms with Crippen LogP contribution in [-0.4, -0.2) is 17.3 Å². The molecule has 0 aromatic carbocycles. The zero-order valence-corrected chi connectivity index (χ0v) is 15.9. The summed E-state index contributed by atoms with van der Waals surface area (Å²) in [5.74, 6) is -0.0679. The number of Topliss-reactive ketones (excluding diaryl/α,β-unsaturated/α-hetero) is 1. The highest BCUT2D eigenvalue weighted by Gasteiger charge is 2.33. The zero-order chi connectivity index (χ0) is 17.5. The third kappa shape index (κ3) is 4.72. The van der Waals surface area contributed by atoms with Gasteiger partial charge >= 0.3 is 0 Å². The van der Waals surface area contributed by atoms with Gasteiger partial charge in [0.05, 0.1) is 9.21 Å². The maximum Gasteiger partial charge on any atom is 0.271 e. The van der Waals surface area contributed by atoms with E-state index in [0.29, 0.717) is 20.7 Å². The quantitative estimate of drug-likeness (QED) is 0.323. The second kappa shape index (κ2) is 9.06. The van der Waals surface area contributed by atoms with Gasteiger partial charge in [-0.1, -0.05) is 43.2 Å². The highest BCUT2D eigenvalue weighted by Crippen LogP contribution is 2.24. The monoisotopic (exact) mass is 379 g/mol. The van der Waals surface area contributed by atoms with E-state index >= 15 is 0 Å². The molecule has 0 radical (unpaired) electrons. The topological polar surface area (TPSA) is 33.0 Å². The average molecular weight is 380 g/mol. The molecule has 2 heterocycles. The smallest absolute Gasteiger partial charge is 0.271 e. The molecule has 0 aliphatic carbocycles. The van der Waals surface area contributed by atoms with Crippen LogP contribution < -0.4 is 9.88 Å². The van der Waals surface area contributed by atoms with Gasteiger partial charge in [-0.2, -0.15) is 4.57 Å². The third-order valence-electron chi connectivity index (χ3n) is 3.49. The first-order valence-corrected chi connectivity index (χ1v) is 9.35. The third-order valence-corrected chi connectivity index (χ3v) is 5.10. The van der Waals surface area contributed by atoms with Gasteiger partial charge in [0, 0.05) is 18.7 Å². The minimum Gasteiger partial charge on any atom is -0.370 e. The molecule has 6 heteroatoms. The summed E-state index contributed by atoms with van der Waals surface area (Å²) < 4.78 is 2.43. The lowest BCUT2D eigenvalue weighted by atomic mass is 10.1. The summed E-state index contributed by atoms with van der Waals surface area (Å²) in [6, 6.07) is 6.93. The molecule has 0 spiro atoms. The number of aryl methyl sites for hydroxylation is 1. The first-order chi connectivity index (χ1) is 11.6. The Hall–Kier alpha value is -1.56. The van der Waals surface area contributed by atoms with Crippen molar-refractivity contribution in [1.29, 1.82) is 0 Å². The Balaban J connectivity index is 2.32. The SMILES string of the molecule is C=CCNC(=S)[C@@H](C(=O)c1ccc(Cl)s1)[n+]1ccc(CCC)cc1. The molecule has 0 saturated carbocycles. The molecule has 0 unspecified atom stereocenters. The summed E-state index contributed by atoms with van der Waals surface area (Å²) in [4.78, 5) is 14.0. The summed E-state index contributed by atoms with van der Waals surface area (Å²) in [6.07, 6.45) is 7.62. The summed E-state index contributed by atoms with van der Waals surface area (Å²) >= 11 is 12.7. The standard InChI is InChI=1S/C18H19ClN2OS2/c1-3-5-13-8-11-21(12-9-13)16(18(23)20-10-4-2)17(22)14-6-7-15(19)24-14/h4,6-9,11-12,16H,2-3,5,10H2,1H3/p+1/t16-/m1/s1. The van der Waals surface area contributed by atoms with Crippen molar-refractivity contribution in [1.82, 2.24) is 5.32 Å². The van der Waals surface area contributed by atoms with Gasteiger partial charge in [0.15, 0.2) is 17.4 Å². The van der Waals surface area contributed by atoms with Crippen LogP contribution in [0.15, 0.2) is 49.3 Å². The minimum atomic E-state index is -0.592. The number of nitrogens with zero attached hydrogens (tertiary/aromatic N) is 1. The second-order valence-electron chi connectivity index (χ2n) is 5.31. The van der Waals surface area contributed by atoms with Gasteiger partial charge in [-0.25, -0.2) is 0 Å². The molecule has 126 valence electrons. The normalized spacial score (nSPS) is 11.8. The number of hydrogen-bond donors (Lipinski definition) is 1. The molecule has 2 aromatic heterocycles. The van der Waals surface area contributed by atoms with Gasteiger partial charge in [-0.15, -0.1) is 17.9 Å². The number of thiophene rings is 1. The molecule has 0 saturated heterocycles. The molecule has 0 amide bonds. The van der Waals surface area contributed by atoms with Crippen molar-refractivity contribution in [2.24, 2.45) is 0 Å². The van der Waals surface area contributed by atoms with Crippen LogP contribution in [0.3, 0.4) is 0 Å². The number of ketones is 1. The van der Waals surface area contributed by atoms with Gasteiger partial charge in [0.1, 0.15) is 0 Å². The molecule has 0 aliphatic heterocycles. The number of carbonyl (C=O) groups is 1. The molecule has 24 heavy (non-hydrogen) atoms. The number of carbonyl (C=O) groups excluding carboxylic acids is 1. The first kappa shape index (κ1) is 18.8. The van der Waals surface area contributed by atoms with E-state index in [0.717, 1.165) is 12.8 Å². The van der Waals surface area contributed by atoms with Gasteiger partial charge < -0.3 is 5.32 Å². The lowest BCUT2D eigenvalue weighted by molar-refractivity contribution is -0.692. The number of halogens is 1. The maximum absolute atomic E-state index is 13.0. The number of nitrogens with one attached hydrogen (secondary N) is 1. The molecule has 0 aliphatic rings. The number of thiocarbonyl (C=S) groups is 1. The average Bonchev–Trinajstić information content (AvgIpc) is 3.01. The summed E-state index contributed by atoms with van der Waals surface area (Å²) in [6.45, 7) is 6.33. The minimum absolute atomic E-state index is 0.0679. The molecule has 2 rings (SSSR count). The van der Waals surface area contributed by atoms with E-state index in [2.05, 4.69) is 18.8 Å². The Bertz CT molecular complexity index is 725. The van der Waals surface area contributed by atoms with E-state index in [-0.39, 0.29) is 5.78 Å². The second-order valence-corrected chi connectivity index (χ2v) is 7.46. The molecular weight excluding hydrogens is 360 g/mol. The molecule has 2 aromatic rings. The maximum atomic E-state index is 13.0. The van der Waals surface area contributed by atoms with Crippen LogP contribution in [0.5, 0.6) is 0 Å². The lowest BCUT2D eigenvalue weighted by Crippen LogP contribution is -2.51. The van der Waals surface area contributed by atoms with Gasteiger partial charge in [-0.3, -0.25) is 4.79 Å². The summed E-state index contributed by atoms with van der Waals surface area (Å²) in [5, 5.41) is 3.07. The van der Waals surface area contributed by atoms with Crippen molar-refractivity contribution in [2.45, 2.75) is 25.8 Å². The highest BCUT2D eigenvalue weighted by molar-refractivity contribution is 7.80. The Morgan fingerprint density at radius 3 is 2.67 bits per heavy atom. The fourth-order valence-electron chi connectivity index (χ4n) is 2.34. The van der Waals surface area contributed by atoms with E-state index in [9.17, 15) is 4.79 Å². The Morgan fingerprint density at radius 2 is 2.12 bits per heavy atom. The van der Waals surface area contributed by atoms with Crippen LogP contribution in [0.4, 0.5) is 0 Å². The van der Waals surface area contributed by atoms with Crippen LogP contribution in [0.2, 0.25) is 4.34 Å². The Kier molecular flexibility index (Phi) is 7.09. The predicted molar refractivity (Wildman–Crippen MR) is 104 cm³/mol. The van der Waals surface area contributed by atoms with Crippen molar-refractivity contribution < 1.29 is 9.36 Å². The van der Waals surface area contributed by atoms with Crippen molar-refractivity contribution in [2.75, 3.05) is 6.54 Å². The van der Waals surface area contributed by atoms with Crippen molar-refractivity contribution >= 4 is 45.9 Å². The Labute approximate surface area is 157 Å². The number of rotatable bonds is 8. The van der Waals surface area contributed by atoms with Gasteiger partial charge in [0.2, 0.25) is 5.78 Å². The molecule has 3 nitrogen and oxygen atoms in total. The molecule has 0 fully saturated rings. The van der Waals surface area contributed by atoms with Crippen LogP contribution in [0.1, 0.15) is 34.6 Å². The first-order valence-electron chi connectivity index (χ1n) is 7.74. The molecule has 0 bridgehead atoms. The molecule has 1 N–H and O–H groups in total. The largest absolute Gasteiger partial charge is 0.370 e. The highest BCUT2D eigenvalue weighted by atomic mass is 35.5. The van der Waals surface area contributed by atoms with Gasteiger partial charge in [-0.05, 0) is 24.1 Å². The van der Waals surface area contributed by atoms with E-state index in [4.69, 9.17) is 23.8 Å². The molecule has 1 atom stereocenters. The predicted octanol–water partition coefficient (Wildman–Crippen LogP) is 4.17. The number of hydrogen-bond acceptors (Lipinski definition) is 3. The molecular formula is C18H20ClN2OS2+.